The number of hydrogen-bond acceptors (Lipinski definition) is 4. The van der Waals surface area contributed by atoms with Gasteiger partial charge < -0.3 is 10.1 Å². The zero-order valence-electron chi connectivity index (χ0n) is 12.2. The maximum absolute atomic E-state index is 12.0. The number of rotatable bonds is 10. The molecule has 0 aromatic heterocycles. The predicted octanol–water partition coefficient (Wildman–Crippen LogP) is 1.75. The minimum absolute atomic E-state index is 0.261. The van der Waals surface area contributed by atoms with Crippen LogP contribution in [-0.2, 0) is 10.0 Å². The summed E-state index contributed by atoms with van der Waals surface area (Å²) in [6.45, 7) is 6.63. The van der Waals surface area contributed by atoms with Gasteiger partial charge in [-0.1, -0.05) is 13.8 Å². The molecule has 0 atom stereocenters. The zero-order valence-corrected chi connectivity index (χ0v) is 13.0. The number of nitrogens with one attached hydrogen (secondary N) is 2. The molecule has 1 rings (SSSR count). The van der Waals surface area contributed by atoms with Crippen LogP contribution in [0.4, 0.5) is 0 Å². The monoisotopic (exact) mass is 300 g/mol. The molecule has 2 N–H and O–H groups in total. The minimum Gasteiger partial charge on any atom is -0.494 e. The van der Waals surface area contributed by atoms with Gasteiger partial charge in [-0.15, -0.1) is 0 Å². The Morgan fingerprint density at radius 3 is 2.30 bits per heavy atom. The van der Waals surface area contributed by atoms with Crippen LogP contribution in [0.2, 0.25) is 0 Å². The second-order valence-electron chi connectivity index (χ2n) is 4.47. The average Bonchev–Trinajstić information content (AvgIpc) is 2.45. The number of ether oxygens (including phenoxy) is 1. The van der Waals surface area contributed by atoms with Gasteiger partial charge in [0, 0.05) is 13.1 Å². The normalized spacial score (nSPS) is 11.5. The quantitative estimate of drug-likeness (QED) is 0.646. The molecule has 0 fully saturated rings. The smallest absolute Gasteiger partial charge is 0.240 e. The highest BCUT2D eigenvalue weighted by Gasteiger charge is 2.12. The first-order valence-corrected chi connectivity index (χ1v) is 8.51. The lowest BCUT2D eigenvalue weighted by Crippen LogP contribution is -2.32. The third-order valence-corrected chi connectivity index (χ3v) is 4.10. The van der Waals surface area contributed by atoms with Crippen LogP contribution in [0, 0.1) is 0 Å². The van der Waals surface area contributed by atoms with E-state index >= 15 is 0 Å². The molecule has 6 heteroatoms. The predicted molar refractivity (Wildman–Crippen MR) is 80.6 cm³/mol. The molecule has 0 aliphatic carbocycles. The third kappa shape index (κ3) is 5.90. The van der Waals surface area contributed by atoms with Crippen LogP contribution in [0.25, 0.3) is 0 Å². The van der Waals surface area contributed by atoms with Crippen LogP contribution >= 0.6 is 0 Å². The molecule has 0 radical (unpaired) electrons. The Labute approximate surface area is 121 Å². The molecule has 0 bridgehead atoms. The van der Waals surface area contributed by atoms with Crippen molar-refractivity contribution in [2.45, 2.75) is 31.6 Å². The second kappa shape index (κ2) is 8.94. The van der Waals surface area contributed by atoms with Crippen LogP contribution in [0.3, 0.4) is 0 Å². The van der Waals surface area contributed by atoms with Gasteiger partial charge in [-0.3, -0.25) is 0 Å². The Hall–Kier alpha value is -1.11. The summed E-state index contributed by atoms with van der Waals surface area (Å²) in [5.74, 6) is 0.690. The molecule has 0 unspecified atom stereocenters. The minimum atomic E-state index is -3.43. The Balaban J connectivity index is 2.50. The van der Waals surface area contributed by atoms with Gasteiger partial charge in [-0.2, -0.15) is 0 Å². The third-order valence-electron chi connectivity index (χ3n) is 2.63. The van der Waals surface area contributed by atoms with Crippen molar-refractivity contribution in [3.05, 3.63) is 24.3 Å². The van der Waals surface area contributed by atoms with E-state index in [-0.39, 0.29) is 4.90 Å². The zero-order chi connectivity index (χ0) is 14.8. The van der Waals surface area contributed by atoms with E-state index in [1.54, 1.807) is 24.3 Å². The average molecular weight is 300 g/mol. The van der Waals surface area contributed by atoms with Gasteiger partial charge in [0.1, 0.15) is 5.75 Å². The summed E-state index contributed by atoms with van der Waals surface area (Å²) in [6.07, 6.45) is 1.96. The fourth-order valence-electron chi connectivity index (χ4n) is 1.59. The van der Waals surface area contributed by atoms with Crippen molar-refractivity contribution in [1.82, 2.24) is 10.0 Å². The molecule has 0 saturated heterocycles. The summed E-state index contributed by atoms with van der Waals surface area (Å²) in [7, 11) is -3.43. The highest BCUT2D eigenvalue weighted by Crippen LogP contribution is 2.15. The van der Waals surface area contributed by atoms with Gasteiger partial charge in [0.2, 0.25) is 10.0 Å². The fourth-order valence-corrected chi connectivity index (χ4v) is 2.63. The standard InChI is InChI=1S/C14H24N2O3S/c1-3-9-15-10-11-16-20(17,18)14-7-5-13(6-8-14)19-12-4-2/h5-8,15-16H,3-4,9-12H2,1-2H3. The molecular weight excluding hydrogens is 276 g/mol. The summed E-state index contributed by atoms with van der Waals surface area (Å²) >= 11 is 0. The number of hydrogen-bond donors (Lipinski definition) is 2. The molecule has 0 aliphatic rings. The lowest BCUT2D eigenvalue weighted by molar-refractivity contribution is 0.317. The second-order valence-corrected chi connectivity index (χ2v) is 6.23. The van der Waals surface area contributed by atoms with Crippen LogP contribution in [-0.4, -0.2) is 34.7 Å². The fraction of sp³-hybridized carbons (Fsp3) is 0.571. The largest absolute Gasteiger partial charge is 0.494 e. The summed E-state index contributed by atoms with van der Waals surface area (Å²) in [5.41, 5.74) is 0. The van der Waals surface area contributed by atoms with E-state index in [0.29, 0.717) is 25.4 Å². The molecule has 1 aromatic carbocycles. The highest BCUT2D eigenvalue weighted by atomic mass is 32.2. The summed E-state index contributed by atoms with van der Waals surface area (Å²) < 4.78 is 32.0. The summed E-state index contributed by atoms with van der Waals surface area (Å²) in [5, 5.41) is 3.14. The van der Waals surface area contributed by atoms with Gasteiger partial charge in [0.05, 0.1) is 11.5 Å². The molecule has 0 saturated carbocycles. The van der Waals surface area contributed by atoms with Crippen molar-refractivity contribution in [3.8, 4) is 5.75 Å². The summed E-state index contributed by atoms with van der Waals surface area (Å²) in [4.78, 5) is 0.261. The van der Waals surface area contributed by atoms with Crippen LogP contribution < -0.4 is 14.8 Å². The maximum Gasteiger partial charge on any atom is 0.240 e. The molecular formula is C14H24N2O3S. The molecule has 0 amide bonds. The van der Waals surface area contributed by atoms with Crippen LogP contribution in [0.1, 0.15) is 26.7 Å². The van der Waals surface area contributed by atoms with Gasteiger partial charge >= 0.3 is 0 Å². The van der Waals surface area contributed by atoms with E-state index in [0.717, 1.165) is 19.4 Å². The number of benzene rings is 1. The first-order chi connectivity index (χ1) is 9.60. The van der Waals surface area contributed by atoms with Crippen molar-refractivity contribution in [1.29, 1.82) is 0 Å². The Morgan fingerprint density at radius 2 is 1.70 bits per heavy atom. The van der Waals surface area contributed by atoms with Gasteiger partial charge in [-0.05, 0) is 43.7 Å². The highest BCUT2D eigenvalue weighted by molar-refractivity contribution is 7.89. The SMILES string of the molecule is CCCNCCNS(=O)(=O)c1ccc(OCCC)cc1. The van der Waals surface area contributed by atoms with Crippen LogP contribution in [0.5, 0.6) is 5.75 Å². The van der Waals surface area contributed by atoms with Gasteiger partial charge in [0.25, 0.3) is 0 Å². The van der Waals surface area contributed by atoms with E-state index in [4.69, 9.17) is 4.74 Å². The molecule has 114 valence electrons. The Bertz CT molecular complexity index is 472. The van der Waals surface area contributed by atoms with Crippen molar-refractivity contribution in [2.75, 3.05) is 26.2 Å². The maximum atomic E-state index is 12.0. The Morgan fingerprint density at radius 1 is 1.00 bits per heavy atom. The van der Waals surface area contributed by atoms with Crippen molar-refractivity contribution < 1.29 is 13.2 Å². The first-order valence-electron chi connectivity index (χ1n) is 7.03. The van der Waals surface area contributed by atoms with Gasteiger partial charge in [-0.25, -0.2) is 13.1 Å². The van der Waals surface area contributed by atoms with E-state index < -0.39 is 10.0 Å². The van der Waals surface area contributed by atoms with E-state index in [9.17, 15) is 8.42 Å². The van der Waals surface area contributed by atoms with Gasteiger partial charge in [0.15, 0.2) is 0 Å². The van der Waals surface area contributed by atoms with Crippen molar-refractivity contribution in [3.63, 3.8) is 0 Å². The van der Waals surface area contributed by atoms with E-state index in [1.165, 1.54) is 0 Å². The lowest BCUT2D eigenvalue weighted by atomic mass is 10.3. The van der Waals surface area contributed by atoms with E-state index in [2.05, 4.69) is 17.0 Å². The molecule has 0 heterocycles. The molecule has 0 spiro atoms. The lowest BCUT2D eigenvalue weighted by Gasteiger charge is -2.09. The Kier molecular flexibility index (Phi) is 7.58. The molecule has 20 heavy (non-hydrogen) atoms. The molecule has 5 nitrogen and oxygen atoms in total. The molecule has 1 aromatic rings. The molecule has 0 aliphatic heterocycles. The number of sulfonamides is 1. The van der Waals surface area contributed by atoms with Crippen LogP contribution in [0.15, 0.2) is 29.2 Å². The van der Waals surface area contributed by atoms with Crippen molar-refractivity contribution >= 4 is 10.0 Å². The summed E-state index contributed by atoms with van der Waals surface area (Å²) in [6, 6.07) is 6.48. The van der Waals surface area contributed by atoms with Crippen molar-refractivity contribution in [2.24, 2.45) is 0 Å². The van der Waals surface area contributed by atoms with E-state index in [1.807, 2.05) is 6.92 Å². The topological polar surface area (TPSA) is 67.4 Å². The first kappa shape index (κ1) is 16.9.